The summed E-state index contributed by atoms with van der Waals surface area (Å²) in [5.74, 6) is 0.669. The average molecular weight is 457 g/mol. The van der Waals surface area contributed by atoms with E-state index in [1.54, 1.807) is 30.3 Å². The van der Waals surface area contributed by atoms with Crippen molar-refractivity contribution in [3.05, 3.63) is 89.6 Å². The molecule has 3 aromatic rings. The maximum Gasteiger partial charge on any atom is 0.282 e. The summed E-state index contributed by atoms with van der Waals surface area (Å²) in [7, 11) is 0. The summed E-state index contributed by atoms with van der Waals surface area (Å²) >= 11 is 0. The highest BCUT2D eigenvalue weighted by atomic mass is 16.5. The predicted molar refractivity (Wildman–Crippen MR) is 134 cm³/mol. The molecule has 1 N–H and O–H groups in total. The molecule has 6 nitrogen and oxygen atoms in total. The number of hydrogen-bond donors (Lipinski definition) is 1. The Balaban J connectivity index is 1.74. The molecule has 0 unspecified atom stereocenters. The molecule has 34 heavy (non-hydrogen) atoms. The van der Waals surface area contributed by atoms with Crippen LogP contribution in [-0.2, 0) is 9.59 Å². The average Bonchev–Trinajstić information content (AvgIpc) is 3.05. The van der Waals surface area contributed by atoms with Crippen LogP contribution in [0.5, 0.6) is 11.5 Å². The summed E-state index contributed by atoms with van der Waals surface area (Å²) in [6, 6.07) is 21.9. The molecule has 0 spiro atoms. The first-order valence-corrected chi connectivity index (χ1v) is 11.3. The predicted octanol–water partition coefficient (Wildman–Crippen LogP) is 5.58. The number of anilines is 2. The van der Waals surface area contributed by atoms with Crippen LogP contribution >= 0.6 is 0 Å². The number of nitrogens with zero attached hydrogens (tertiary/aromatic N) is 1. The van der Waals surface area contributed by atoms with E-state index in [1.807, 2.05) is 70.2 Å². The van der Waals surface area contributed by atoms with Crippen LogP contribution < -0.4 is 19.7 Å². The zero-order valence-corrected chi connectivity index (χ0v) is 19.8. The summed E-state index contributed by atoms with van der Waals surface area (Å²) in [5.41, 5.74) is 3.28. The number of aryl methyl sites for hydroxylation is 1. The number of imide groups is 1. The van der Waals surface area contributed by atoms with Crippen molar-refractivity contribution in [2.75, 3.05) is 16.8 Å². The van der Waals surface area contributed by atoms with Crippen LogP contribution in [-0.4, -0.2) is 24.5 Å². The molecule has 4 rings (SSSR count). The highest BCUT2D eigenvalue weighted by Crippen LogP contribution is 2.35. The molecule has 0 saturated heterocycles. The lowest BCUT2D eigenvalue weighted by Crippen LogP contribution is -2.33. The van der Waals surface area contributed by atoms with Crippen LogP contribution in [0.15, 0.2) is 78.5 Å². The van der Waals surface area contributed by atoms with Crippen molar-refractivity contribution >= 4 is 28.8 Å². The molecule has 1 aliphatic heterocycles. The second-order valence-electron chi connectivity index (χ2n) is 8.26. The van der Waals surface area contributed by atoms with Gasteiger partial charge in [-0.05, 0) is 81.3 Å². The molecule has 0 atom stereocenters. The number of rotatable bonds is 8. The second-order valence-corrected chi connectivity index (χ2v) is 8.26. The number of amides is 2. The lowest BCUT2D eigenvalue weighted by Gasteiger charge is -2.17. The van der Waals surface area contributed by atoms with Crippen molar-refractivity contribution in [3.63, 3.8) is 0 Å². The highest BCUT2D eigenvalue weighted by molar-refractivity contribution is 6.46. The second kappa shape index (κ2) is 9.83. The van der Waals surface area contributed by atoms with Crippen molar-refractivity contribution in [2.45, 2.75) is 33.8 Å². The van der Waals surface area contributed by atoms with Gasteiger partial charge in [0.15, 0.2) is 0 Å². The number of para-hydroxylation sites is 1. The molecule has 3 aromatic carbocycles. The van der Waals surface area contributed by atoms with Crippen LogP contribution in [0.3, 0.4) is 0 Å². The third-order valence-corrected chi connectivity index (χ3v) is 5.39. The highest BCUT2D eigenvalue weighted by Gasteiger charge is 2.40. The molecule has 0 saturated carbocycles. The molecule has 6 heteroatoms. The van der Waals surface area contributed by atoms with Crippen LogP contribution in [0.4, 0.5) is 11.4 Å². The number of carbonyl (C=O) groups is 2. The summed E-state index contributed by atoms with van der Waals surface area (Å²) in [6.45, 7) is 8.26. The van der Waals surface area contributed by atoms with E-state index in [9.17, 15) is 9.59 Å². The van der Waals surface area contributed by atoms with Gasteiger partial charge in [-0.3, -0.25) is 9.59 Å². The first-order chi connectivity index (χ1) is 16.4. The van der Waals surface area contributed by atoms with Crippen LogP contribution in [0.2, 0.25) is 0 Å². The molecule has 1 heterocycles. The lowest BCUT2D eigenvalue weighted by molar-refractivity contribution is -0.120. The van der Waals surface area contributed by atoms with E-state index in [4.69, 9.17) is 9.47 Å². The zero-order chi connectivity index (χ0) is 24.2. The summed E-state index contributed by atoms with van der Waals surface area (Å²) in [6.07, 6.45) is 0.0597. The number of carbonyl (C=O) groups excluding carboxylic acids is 2. The molecular formula is C28H28N2O4. The molecule has 0 aromatic heterocycles. The van der Waals surface area contributed by atoms with E-state index >= 15 is 0 Å². The maximum atomic E-state index is 13.6. The molecular weight excluding hydrogens is 428 g/mol. The Morgan fingerprint density at radius 3 is 2.12 bits per heavy atom. The number of nitrogens with one attached hydrogen (secondary N) is 1. The van der Waals surface area contributed by atoms with Gasteiger partial charge in [-0.15, -0.1) is 0 Å². The van der Waals surface area contributed by atoms with Crippen LogP contribution in [0.25, 0.3) is 5.57 Å². The van der Waals surface area contributed by atoms with Crippen LogP contribution in [0.1, 0.15) is 31.9 Å². The Hall–Kier alpha value is -4.06. The fraction of sp³-hybridized carbons (Fsp3) is 0.214. The minimum Gasteiger partial charge on any atom is -0.494 e. The normalized spacial score (nSPS) is 13.6. The molecule has 0 aliphatic carbocycles. The van der Waals surface area contributed by atoms with Gasteiger partial charge in [0.25, 0.3) is 11.8 Å². The van der Waals surface area contributed by atoms with E-state index in [-0.39, 0.29) is 17.7 Å². The third kappa shape index (κ3) is 4.66. The molecule has 174 valence electrons. The Morgan fingerprint density at radius 1 is 0.853 bits per heavy atom. The molecule has 1 aliphatic rings. The van der Waals surface area contributed by atoms with Crippen molar-refractivity contribution in [3.8, 4) is 11.5 Å². The monoisotopic (exact) mass is 456 g/mol. The van der Waals surface area contributed by atoms with Gasteiger partial charge < -0.3 is 14.8 Å². The van der Waals surface area contributed by atoms with Gasteiger partial charge in [0, 0.05) is 5.69 Å². The standard InChI is InChI=1S/C28H28N2O4/c1-5-33-22-14-10-20(11-15-22)25-26(29-21-12-16-23(17-13-21)34-18(2)3)28(32)30(27(25)31)24-9-7-6-8-19(24)4/h6-18,29H,5H2,1-4H3. The van der Waals surface area contributed by atoms with E-state index in [1.165, 1.54) is 4.90 Å². The minimum absolute atomic E-state index is 0.0597. The van der Waals surface area contributed by atoms with Crippen LogP contribution in [0, 0.1) is 6.92 Å². The summed E-state index contributed by atoms with van der Waals surface area (Å²) < 4.78 is 11.2. The lowest BCUT2D eigenvalue weighted by atomic mass is 10.0. The van der Waals surface area contributed by atoms with Gasteiger partial charge in [0.05, 0.1) is 24.0 Å². The van der Waals surface area contributed by atoms with Gasteiger partial charge in [-0.2, -0.15) is 0 Å². The van der Waals surface area contributed by atoms with Gasteiger partial charge in [0.2, 0.25) is 0 Å². The smallest absolute Gasteiger partial charge is 0.282 e. The molecule has 2 amide bonds. The molecule has 0 fully saturated rings. The topological polar surface area (TPSA) is 67.9 Å². The van der Waals surface area contributed by atoms with E-state index in [2.05, 4.69) is 5.32 Å². The Bertz CT molecular complexity index is 1230. The van der Waals surface area contributed by atoms with Gasteiger partial charge in [-0.1, -0.05) is 30.3 Å². The minimum atomic E-state index is -0.398. The van der Waals surface area contributed by atoms with Gasteiger partial charge in [0.1, 0.15) is 17.2 Å². The van der Waals surface area contributed by atoms with Crippen molar-refractivity contribution in [2.24, 2.45) is 0 Å². The Kier molecular flexibility index (Phi) is 6.68. The van der Waals surface area contributed by atoms with Gasteiger partial charge in [-0.25, -0.2) is 4.90 Å². The number of hydrogen-bond acceptors (Lipinski definition) is 5. The fourth-order valence-corrected chi connectivity index (χ4v) is 3.86. The first kappa shape index (κ1) is 23.1. The maximum absolute atomic E-state index is 13.6. The summed E-state index contributed by atoms with van der Waals surface area (Å²) in [4.78, 5) is 28.4. The van der Waals surface area contributed by atoms with Crippen molar-refractivity contribution < 1.29 is 19.1 Å². The SMILES string of the molecule is CCOc1ccc(C2=C(Nc3ccc(OC(C)C)cc3)C(=O)N(c3ccccc3C)C2=O)cc1. The van der Waals surface area contributed by atoms with E-state index in [0.29, 0.717) is 34.9 Å². The van der Waals surface area contributed by atoms with Gasteiger partial charge >= 0.3 is 0 Å². The summed E-state index contributed by atoms with van der Waals surface area (Å²) in [5, 5.41) is 3.19. The van der Waals surface area contributed by atoms with Crippen molar-refractivity contribution in [1.82, 2.24) is 0 Å². The number of ether oxygens (including phenoxy) is 2. The van der Waals surface area contributed by atoms with E-state index in [0.717, 1.165) is 11.3 Å². The Labute approximate surface area is 199 Å². The zero-order valence-electron chi connectivity index (χ0n) is 19.8. The third-order valence-electron chi connectivity index (χ3n) is 5.39. The quantitative estimate of drug-likeness (QED) is 0.449. The fourth-order valence-electron chi connectivity index (χ4n) is 3.86. The number of benzene rings is 3. The largest absolute Gasteiger partial charge is 0.494 e. The first-order valence-electron chi connectivity index (χ1n) is 11.3. The van der Waals surface area contributed by atoms with E-state index < -0.39 is 5.91 Å². The Morgan fingerprint density at radius 2 is 1.50 bits per heavy atom. The van der Waals surface area contributed by atoms with Crippen molar-refractivity contribution in [1.29, 1.82) is 0 Å². The molecule has 0 radical (unpaired) electrons. The molecule has 0 bridgehead atoms.